The lowest BCUT2D eigenvalue weighted by Crippen LogP contribution is -2.37. The Morgan fingerprint density at radius 1 is 1.41 bits per heavy atom. The van der Waals surface area contributed by atoms with Crippen LogP contribution in [0.5, 0.6) is 0 Å². The van der Waals surface area contributed by atoms with Crippen LogP contribution in [-0.2, 0) is 19.1 Å². The quantitative estimate of drug-likeness (QED) is 0.810. The summed E-state index contributed by atoms with van der Waals surface area (Å²) in [5.41, 5.74) is 0.875. The van der Waals surface area contributed by atoms with Crippen LogP contribution in [0, 0.1) is 5.92 Å². The van der Waals surface area contributed by atoms with Gasteiger partial charge in [-0.3, -0.25) is 9.59 Å². The van der Waals surface area contributed by atoms with Crippen LogP contribution in [0.1, 0.15) is 30.9 Å². The van der Waals surface area contributed by atoms with Gasteiger partial charge in [0.05, 0.1) is 19.6 Å². The first-order valence-electron chi connectivity index (χ1n) is 7.30. The standard InChI is InChI=1S/C16H20BrNO4/c1-21-15(19)10-14(12-3-2-4-13(17)9-12)18-16(20)11-5-7-22-8-6-11/h2-4,9,11,14H,5-8,10H2,1H3,(H,18,20)/t14-/m0/s1. The molecule has 1 atom stereocenters. The maximum absolute atomic E-state index is 12.4. The summed E-state index contributed by atoms with van der Waals surface area (Å²) in [5, 5.41) is 2.98. The fourth-order valence-corrected chi connectivity index (χ4v) is 2.89. The molecule has 1 fully saturated rings. The first-order valence-corrected chi connectivity index (χ1v) is 8.10. The van der Waals surface area contributed by atoms with Crippen molar-refractivity contribution in [2.24, 2.45) is 5.92 Å². The Morgan fingerprint density at radius 3 is 2.77 bits per heavy atom. The SMILES string of the molecule is COC(=O)C[C@H](NC(=O)C1CCOCC1)c1cccc(Br)c1. The molecule has 0 aliphatic carbocycles. The number of hydrogen-bond acceptors (Lipinski definition) is 4. The molecule has 5 nitrogen and oxygen atoms in total. The van der Waals surface area contributed by atoms with Crippen LogP contribution in [-0.4, -0.2) is 32.2 Å². The number of methoxy groups -OCH3 is 1. The van der Waals surface area contributed by atoms with Gasteiger partial charge in [-0.05, 0) is 30.5 Å². The lowest BCUT2D eigenvalue weighted by atomic mass is 9.97. The van der Waals surface area contributed by atoms with E-state index in [1.165, 1.54) is 7.11 Å². The third-order valence-electron chi connectivity index (χ3n) is 3.76. The van der Waals surface area contributed by atoms with E-state index in [9.17, 15) is 9.59 Å². The smallest absolute Gasteiger partial charge is 0.307 e. The molecule has 1 aliphatic rings. The van der Waals surface area contributed by atoms with Gasteiger partial charge in [0.2, 0.25) is 5.91 Å². The molecule has 0 aromatic heterocycles. The molecule has 0 radical (unpaired) electrons. The molecule has 6 heteroatoms. The first-order chi connectivity index (χ1) is 10.6. The minimum absolute atomic E-state index is 0.0304. The normalized spacial score (nSPS) is 16.8. The number of rotatable bonds is 5. The van der Waals surface area contributed by atoms with Crippen molar-refractivity contribution >= 4 is 27.8 Å². The second kappa shape index (κ2) is 8.29. The fraction of sp³-hybridized carbons (Fsp3) is 0.500. The van der Waals surface area contributed by atoms with Gasteiger partial charge in [0, 0.05) is 23.6 Å². The second-order valence-corrected chi connectivity index (χ2v) is 6.20. The maximum atomic E-state index is 12.4. The molecular weight excluding hydrogens is 350 g/mol. The van der Waals surface area contributed by atoms with Crippen molar-refractivity contribution in [1.29, 1.82) is 0 Å². The summed E-state index contributed by atoms with van der Waals surface area (Å²) < 4.78 is 10.9. The van der Waals surface area contributed by atoms with Gasteiger partial charge in [0.1, 0.15) is 0 Å². The maximum Gasteiger partial charge on any atom is 0.307 e. The molecule has 1 amide bonds. The number of benzene rings is 1. The summed E-state index contributed by atoms with van der Waals surface area (Å²) in [5.74, 6) is -0.435. The van der Waals surface area contributed by atoms with Crippen LogP contribution >= 0.6 is 15.9 Å². The van der Waals surface area contributed by atoms with E-state index in [1.807, 2.05) is 24.3 Å². The average molecular weight is 370 g/mol. The topological polar surface area (TPSA) is 64.6 Å². The molecule has 0 saturated carbocycles. The third kappa shape index (κ3) is 4.81. The molecule has 1 N–H and O–H groups in total. The van der Waals surface area contributed by atoms with Crippen LogP contribution in [0.4, 0.5) is 0 Å². The number of hydrogen-bond donors (Lipinski definition) is 1. The molecule has 0 unspecified atom stereocenters. The highest BCUT2D eigenvalue weighted by atomic mass is 79.9. The van der Waals surface area contributed by atoms with Crippen LogP contribution in [0.2, 0.25) is 0 Å². The van der Waals surface area contributed by atoms with E-state index in [4.69, 9.17) is 9.47 Å². The largest absolute Gasteiger partial charge is 0.469 e. The Bertz CT molecular complexity index is 529. The van der Waals surface area contributed by atoms with E-state index in [0.717, 1.165) is 22.9 Å². The Morgan fingerprint density at radius 2 is 2.14 bits per heavy atom. The van der Waals surface area contributed by atoms with Crippen LogP contribution in [0.15, 0.2) is 28.7 Å². The zero-order chi connectivity index (χ0) is 15.9. The highest BCUT2D eigenvalue weighted by Gasteiger charge is 2.26. The van der Waals surface area contributed by atoms with E-state index in [0.29, 0.717) is 13.2 Å². The molecule has 1 aromatic rings. The zero-order valence-corrected chi connectivity index (χ0v) is 14.1. The molecule has 1 aromatic carbocycles. The van der Waals surface area contributed by atoms with Gasteiger partial charge >= 0.3 is 5.97 Å². The van der Waals surface area contributed by atoms with Gasteiger partial charge in [-0.1, -0.05) is 28.1 Å². The summed E-state index contributed by atoms with van der Waals surface area (Å²) in [6, 6.07) is 7.18. The summed E-state index contributed by atoms with van der Waals surface area (Å²) in [7, 11) is 1.35. The lowest BCUT2D eigenvalue weighted by molar-refractivity contribution is -0.141. The Kier molecular flexibility index (Phi) is 6.39. The van der Waals surface area contributed by atoms with Crippen LogP contribution < -0.4 is 5.32 Å². The predicted octanol–water partition coefficient (Wildman–Crippen LogP) is 2.60. The molecule has 1 saturated heterocycles. The molecule has 1 heterocycles. The van der Waals surface area contributed by atoms with Crippen LogP contribution in [0.25, 0.3) is 0 Å². The molecule has 0 bridgehead atoms. The minimum Gasteiger partial charge on any atom is -0.469 e. The number of halogens is 1. The lowest BCUT2D eigenvalue weighted by Gasteiger charge is -2.25. The predicted molar refractivity (Wildman–Crippen MR) is 85.2 cm³/mol. The van der Waals surface area contributed by atoms with Gasteiger partial charge < -0.3 is 14.8 Å². The van der Waals surface area contributed by atoms with E-state index in [-0.39, 0.29) is 30.3 Å². The van der Waals surface area contributed by atoms with Gasteiger partial charge in [0.25, 0.3) is 0 Å². The Hall–Kier alpha value is -1.40. The molecule has 1 aliphatic heterocycles. The van der Waals surface area contributed by atoms with Gasteiger partial charge in [0.15, 0.2) is 0 Å². The summed E-state index contributed by atoms with van der Waals surface area (Å²) in [6.07, 6.45) is 1.55. The highest BCUT2D eigenvalue weighted by molar-refractivity contribution is 9.10. The van der Waals surface area contributed by atoms with E-state index < -0.39 is 0 Å². The summed E-state index contributed by atoms with van der Waals surface area (Å²) >= 11 is 3.41. The number of nitrogens with one attached hydrogen (secondary N) is 1. The van der Waals surface area contributed by atoms with Gasteiger partial charge in [-0.25, -0.2) is 0 Å². The Balaban J connectivity index is 2.09. The number of esters is 1. The second-order valence-electron chi connectivity index (χ2n) is 5.28. The number of carbonyl (C=O) groups is 2. The first kappa shape index (κ1) is 17.0. The van der Waals surface area contributed by atoms with E-state index >= 15 is 0 Å². The number of carbonyl (C=O) groups excluding carboxylic acids is 2. The van der Waals surface area contributed by atoms with Gasteiger partial charge in [-0.2, -0.15) is 0 Å². The molecule has 22 heavy (non-hydrogen) atoms. The Labute approximate surface area is 138 Å². The number of amides is 1. The molecule has 2 rings (SSSR count). The van der Waals surface area contributed by atoms with Crippen molar-refractivity contribution in [3.63, 3.8) is 0 Å². The van der Waals surface area contributed by atoms with Crippen molar-refractivity contribution in [2.75, 3.05) is 20.3 Å². The van der Waals surface area contributed by atoms with Crippen LogP contribution in [0.3, 0.4) is 0 Å². The monoisotopic (exact) mass is 369 g/mol. The van der Waals surface area contributed by atoms with Crippen molar-refractivity contribution in [2.45, 2.75) is 25.3 Å². The fourth-order valence-electron chi connectivity index (χ4n) is 2.47. The average Bonchev–Trinajstić information content (AvgIpc) is 2.54. The molecule has 120 valence electrons. The van der Waals surface area contributed by atoms with E-state index in [1.54, 1.807) is 0 Å². The highest BCUT2D eigenvalue weighted by Crippen LogP contribution is 2.23. The van der Waals surface area contributed by atoms with Crippen molar-refractivity contribution in [3.8, 4) is 0 Å². The molecule has 0 spiro atoms. The van der Waals surface area contributed by atoms with Crippen molar-refractivity contribution < 1.29 is 19.1 Å². The summed E-state index contributed by atoms with van der Waals surface area (Å²) in [4.78, 5) is 24.0. The van der Waals surface area contributed by atoms with Gasteiger partial charge in [-0.15, -0.1) is 0 Å². The third-order valence-corrected chi connectivity index (χ3v) is 4.25. The van der Waals surface area contributed by atoms with Crippen molar-refractivity contribution in [1.82, 2.24) is 5.32 Å². The molecular formula is C16H20BrNO4. The summed E-state index contributed by atoms with van der Waals surface area (Å²) in [6.45, 7) is 1.22. The van der Waals surface area contributed by atoms with E-state index in [2.05, 4.69) is 21.2 Å². The minimum atomic E-state index is -0.389. The van der Waals surface area contributed by atoms with Crippen molar-refractivity contribution in [3.05, 3.63) is 34.3 Å². The zero-order valence-electron chi connectivity index (χ0n) is 12.5. The number of ether oxygens (including phenoxy) is 2.